The summed E-state index contributed by atoms with van der Waals surface area (Å²) < 4.78 is 15.5. The summed E-state index contributed by atoms with van der Waals surface area (Å²) in [5.41, 5.74) is 0.313. The van der Waals surface area contributed by atoms with Crippen LogP contribution in [0.25, 0.3) is 0 Å². The molecular formula is C15H36N2O2Si3. The third-order valence-corrected chi connectivity index (χ3v) is 17.3. The van der Waals surface area contributed by atoms with Gasteiger partial charge in [-0.1, -0.05) is 33.0 Å². The molecule has 0 aliphatic carbocycles. The number of hydrogen-bond acceptors (Lipinski definition) is 4. The molecule has 130 valence electrons. The van der Waals surface area contributed by atoms with E-state index in [1.165, 1.54) is 18.6 Å². The molecule has 2 fully saturated rings. The molecule has 2 saturated heterocycles. The highest BCUT2D eigenvalue weighted by atomic mass is 28.4. The third-order valence-electron chi connectivity index (χ3n) is 5.25. The van der Waals surface area contributed by atoms with Crippen molar-refractivity contribution in [1.29, 1.82) is 0 Å². The summed E-state index contributed by atoms with van der Waals surface area (Å²) in [6.45, 7) is 17.2. The van der Waals surface area contributed by atoms with Gasteiger partial charge in [0.05, 0.1) is 9.68 Å². The van der Waals surface area contributed by atoms with E-state index in [-0.39, 0.29) is 9.68 Å². The Kier molecular flexibility index (Phi) is 6.13. The van der Waals surface area contributed by atoms with Gasteiger partial charge in [-0.2, -0.15) is 0 Å². The lowest BCUT2D eigenvalue weighted by Gasteiger charge is -2.41. The molecule has 7 heteroatoms. The van der Waals surface area contributed by atoms with E-state index in [1.807, 2.05) is 0 Å². The van der Waals surface area contributed by atoms with Gasteiger partial charge >= 0.3 is 8.56 Å². The Morgan fingerprint density at radius 2 is 1.68 bits per heavy atom. The molecule has 0 saturated carbocycles. The molecule has 2 heterocycles. The molecule has 0 amide bonds. The van der Waals surface area contributed by atoms with Crippen LogP contribution >= 0.6 is 0 Å². The van der Waals surface area contributed by atoms with Gasteiger partial charge < -0.3 is 18.0 Å². The van der Waals surface area contributed by atoms with E-state index in [9.17, 15) is 0 Å². The fraction of sp³-hybridized carbons (Fsp3) is 1.00. The molecule has 2 aliphatic heterocycles. The summed E-state index contributed by atoms with van der Waals surface area (Å²) in [6, 6.07) is 4.17. The van der Waals surface area contributed by atoms with Gasteiger partial charge in [0.1, 0.15) is 8.24 Å². The van der Waals surface area contributed by atoms with Crippen molar-refractivity contribution in [3.8, 4) is 0 Å². The number of hydrogen-bond donors (Lipinski definition) is 0. The van der Waals surface area contributed by atoms with Gasteiger partial charge in [-0.05, 0) is 37.6 Å². The van der Waals surface area contributed by atoms with Crippen molar-refractivity contribution in [3.63, 3.8) is 0 Å². The molecule has 0 radical (unpaired) electrons. The molecule has 22 heavy (non-hydrogen) atoms. The monoisotopic (exact) mass is 360 g/mol. The fourth-order valence-electron chi connectivity index (χ4n) is 3.99. The van der Waals surface area contributed by atoms with Gasteiger partial charge in [0.2, 0.25) is 0 Å². The second kappa shape index (κ2) is 7.16. The first kappa shape index (κ1) is 18.8. The molecule has 2 aliphatic rings. The first-order valence-electron chi connectivity index (χ1n) is 8.84. The standard InChI is InChI=1S/C15H36N2O2Si3/c1-15(2,13-17-20-11-12-21(17,4)5)14-22(6)18-9-7-16(3)8-10-19-22/h7-14,20H2,1-6H3. The second-order valence-electron chi connectivity index (χ2n) is 8.81. The second-order valence-corrected chi connectivity index (χ2v) is 19.3. The highest BCUT2D eigenvalue weighted by molar-refractivity contribution is 6.83. The van der Waals surface area contributed by atoms with Crippen molar-refractivity contribution in [2.24, 2.45) is 5.41 Å². The van der Waals surface area contributed by atoms with Crippen LogP contribution in [-0.4, -0.2) is 75.5 Å². The Hall–Kier alpha value is 0.491. The minimum Gasteiger partial charge on any atom is -0.393 e. The minimum absolute atomic E-state index is 0.0190. The molecule has 0 aromatic carbocycles. The van der Waals surface area contributed by atoms with E-state index in [0.29, 0.717) is 5.41 Å². The minimum atomic E-state index is -2.02. The van der Waals surface area contributed by atoms with Crippen LogP contribution < -0.4 is 0 Å². The van der Waals surface area contributed by atoms with Crippen LogP contribution in [0.2, 0.25) is 37.8 Å². The van der Waals surface area contributed by atoms with Crippen molar-refractivity contribution < 1.29 is 8.85 Å². The van der Waals surface area contributed by atoms with Crippen molar-refractivity contribution in [1.82, 2.24) is 9.13 Å². The van der Waals surface area contributed by atoms with E-state index < -0.39 is 16.8 Å². The Balaban J connectivity index is 1.94. The van der Waals surface area contributed by atoms with E-state index in [2.05, 4.69) is 49.7 Å². The van der Waals surface area contributed by atoms with Gasteiger partial charge in [0.25, 0.3) is 0 Å². The zero-order valence-electron chi connectivity index (χ0n) is 15.6. The molecule has 0 bridgehead atoms. The van der Waals surface area contributed by atoms with Gasteiger partial charge in [-0.15, -0.1) is 0 Å². The van der Waals surface area contributed by atoms with Crippen LogP contribution in [0.4, 0.5) is 0 Å². The van der Waals surface area contributed by atoms with Crippen LogP contribution in [0.1, 0.15) is 13.8 Å². The van der Waals surface area contributed by atoms with Crippen molar-refractivity contribution in [3.05, 3.63) is 0 Å². The molecule has 4 nitrogen and oxygen atoms in total. The Bertz CT molecular complexity index is 370. The van der Waals surface area contributed by atoms with Crippen molar-refractivity contribution in [2.75, 3.05) is 39.9 Å². The number of nitrogens with zero attached hydrogens (tertiary/aromatic N) is 2. The van der Waals surface area contributed by atoms with Crippen molar-refractivity contribution >= 4 is 26.5 Å². The lowest BCUT2D eigenvalue weighted by molar-refractivity contribution is 0.101. The van der Waals surface area contributed by atoms with Crippen LogP contribution in [0.15, 0.2) is 0 Å². The predicted molar refractivity (Wildman–Crippen MR) is 102 cm³/mol. The van der Waals surface area contributed by atoms with Gasteiger partial charge in [0.15, 0.2) is 0 Å². The van der Waals surface area contributed by atoms with E-state index in [4.69, 9.17) is 8.85 Å². The lowest BCUT2D eigenvalue weighted by atomic mass is 9.97. The first-order valence-corrected chi connectivity index (χ1v) is 16.1. The molecule has 0 aromatic heterocycles. The zero-order chi connectivity index (χ0) is 16.4. The van der Waals surface area contributed by atoms with E-state index in [1.54, 1.807) is 0 Å². The summed E-state index contributed by atoms with van der Waals surface area (Å²) in [7, 11) is -0.936. The zero-order valence-corrected chi connectivity index (χ0v) is 19.0. The molecule has 0 N–H and O–H groups in total. The summed E-state index contributed by atoms with van der Waals surface area (Å²) in [4.78, 5) is 2.29. The van der Waals surface area contributed by atoms with Gasteiger partial charge in [-0.25, -0.2) is 0 Å². The SMILES string of the molecule is CN1CCO[Si](C)(CC(C)(C)CN2[SiH2]CC[Si]2(C)C)OCC1. The summed E-state index contributed by atoms with van der Waals surface area (Å²) in [5.74, 6) is 0. The van der Waals surface area contributed by atoms with Crippen LogP contribution in [0.5, 0.6) is 0 Å². The largest absolute Gasteiger partial charge is 0.393 e. The lowest BCUT2D eigenvalue weighted by Crippen LogP contribution is -2.52. The quantitative estimate of drug-likeness (QED) is 0.717. The summed E-state index contributed by atoms with van der Waals surface area (Å²) >= 11 is 0. The Morgan fingerprint density at radius 1 is 1.09 bits per heavy atom. The average molecular weight is 361 g/mol. The molecule has 0 atom stereocenters. The predicted octanol–water partition coefficient (Wildman–Crippen LogP) is 2.09. The smallest absolute Gasteiger partial charge is 0.335 e. The fourth-order valence-corrected chi connectivity index (χ4v) is 17.0. The average Bonchev–Trinajstić information content (AvgIpc) is 2.65. The first-order chi connectivity index (χ1) is 10.1. The van der Waals surface area contributed by atoms with E-state index >= 15 is 0 Å². The maximum atomic E-state index is 6.27. The molecule has 0 aromatic rings. The van der Waals surface area contributed by atoms with Gasteiger partial charge in [-0.3, -0.25) is 0 Å². The van der Waals surface area contributed by atoms with Crippen LogP contribution in [0, 0.1) is 5.41 Å². The van der Waals surface area contributed by atoms with Crippen LogP contribution in [-0.2, 0) is 8.85 Å². The summed E-state index contributed by atoms with van der Waals surface area (Å²) in [6.07, 6.45) is 0. The highest BCUT2D eigenvalue weighted by Crippen LogP contribution is 2.35. The number of rotatable bonds is 4. The van der Waals surface area contributed by atoms with E-state index in [0.717, 1.165) is 32.3 Å². The molecule has 0 unspecified atom stereocenters. The van der Waals surface area contributed by atoms with Gasteiger partial charge in [0, 0.05) is 26.3 Å². The maximum absolute atomic E-state index is 6.27. The topological polar surface area (TPSA) is 24.9 Å². The highest BCUT2D eigenvalue weighted by Gasteiger charge is 2.43. The van der Waals surface area contributed by atoms with Crippen molar-refractivity contribution in [2.45, 2.75) is 51.6 Å². The third kappa shape index (κ3) is 5.25. The Morgan fingerprint density at radius 3 is 2.18 bits per heavy atom. The normalized spacial score (nSPS) is 28.6. The Labute approximate surface area is 141 Å². The molecule has 2 rings (SSSR count). The summed E-state index contributed by atoms with van der Waals surface area (Å²) in [5, 5.41) is 0. The molecular weight excluding hydrogens is 324 g/mol. The number of likely N-dealkylation sites (N-methyl/N-ethyl adjacent to an activating group) is 1. The van der Waals surface area contributed by atoms with Crippen LogP contribution in [0.3, 0.4) is 0 Å². The maximum Gasteiger partial charge on any atom is 0.335 e. The molecule has 0 spiro atoms.